The fourth-order valence-electron chi connectivity index (χ4n) is 3.38. The summed E-state index contributed by atoms with van der Waals surface area (Å²) in [6.07, 6.45) is 0.0352. The molecule has 0 saturated heterocycles. The van der Waals surface area contributed by atoms with Crippen molar-refractivity contribution >= 4 is 12.3 Å². The maximum atomic E-state index is 12.3. The largest absolute Gasteiger partial charge is 0.513 e. The number of rotatable bonds is 10. The molecule has 9 heteroatoms. The van der Waals surface area contributed by atoms with E-state index in [1.165, 1.54) is 0 Å². The van der Waals surface area contributed by atoms with Crippen molar-refractivity contribution in [2.45, 2.75) is 47.0 Å². The molecule has 1 aliphatic heterocycles. The van der Waals surface area contributed by atoms with Crippen molar-refractivity contribution in [2.75, 3.05) is 27.4 Å². The van der Waals surface area contributed by atoms with Crippen LogP contribution >= 0.6 is 0 Å². The lowest BCUT2D eigenvalue weighted by Crippen LogP contribution is -2.31. The number of hydrogen-bond donors (Lipinski definition) is 1. The van der Waals surface area contributed by atoms with Crippen LogP contribution in [0.5, 0.6) is 11.5 Å². The van der Waals surface area contributed by atoms with Gasteiger partial charge in [0, 0.05) is 0 Å². The van der Waals surface area contributed by atoms with Gasteiger partial charge in [-0.25, -0.2) is 9.59 Å². The summed E-state index contributed by atoms with van der Waals surface area (Å²) in [7, 11) is 3.11. The van der Waals surface area contributed by atoms with E-state index in [0.29, 0.717) is 53.7 Å². The van der Waals surface area contributed by atoms with Gasteiger partial charge in [-0.1, -0.05) is 19.9 Å². The van der Waals surface area contributed by atoms with Gasteiger partial charge in [0.15, 0.2) is 11.5 Å². The molecule has 0 spiro atoms. The molecule has 0 radical (unpaired) electrons. The molecular weight excluding hydrogens is 430 g/mol. The zero-order valence-corrected chi connectivity index (χ0v) is 20.1. The van der Waals surface area contributed by atoms with Crippen molar-refractivity contribution in [3.05, 3.63) is 46.7 Å². The van der Waals surface area contributed by atoms with Gasteiger partial charge in [0.25, 0.3) is 0 Å². The lowest BCUT2D eigenvalue weighted by Gasteiger charge is -2.30. The molecule has 0 amide bonds. The Morgan fingerprint density at radius 1 is 0.848 bits per heavy atom. The summed E-state index contributed by atoms with van der Waals surface area (Å²) in [6, 6.07) is 5.48. The zero-order valence-electron chi connectivity index (χ0n) is 20.1. The third-order valence-electron chi connectivity index (χ3n) is 4.87. The van der Waals surface area contributed by atoms with E-state index in [-0.39, 0.29) is 13.2 Å². The molecule has 1 aliphatic rings. The van der Waals surface area contributed by atoms with E-state index in [2.05, 4.69) is 5.32 Å². The average Bonchev–Trinajstić information content (AvgIpc) is 2.80. The summed E-state index contributed by atoms with van der Waals surface area (Å²) in [5.74, 6) is 1.15. The second-order valence-electron chi connectivity index (χ2n) is 7.45. The second kappa shape index (κ2) is 12.6. The van der Waals surface area contributed by atoms with Crippen LogP contribution in [0.25, 0.3) is 0 Å². The van der Waals surface area contributed by atoms with Crippen LogP contribution < -0.4 is 14.8 Å². The Labute approximate surface area is 194 Å². The van der Waals surface area contributed by atoms with Crippen molar-refractivity contribution in [3.63, 3.8) is 0 Å². The molecule has 1 N–H and O–H groups in total. The summed E-state index contributed by atoms with van der Waals surface area (Å²) in [6.45, 7) is 7.81. The molecule has 9 nitrogen and oxygen atoms in total. The Morgan fingerprint density at radius 3 is 1.82 bits per heavy atom. The average molecular weight is 464 g/mol. The molecule has 1 aromatic carbocycles. The summed E-state index contributed by atoms with van der Waals surface area (Å²) in [5, 5.41) is 3.11. The molecule has 1 aromatic rings. The molecule has 182 valence electrons. The van der Waals surface area contributed by atoms with Gasteiger partial charge in [0.1, 0.15) is 11.5 Å². The van der Waals surface area contributed by atoms with E-state index in [1.807, 2.05) is 26.0 Å². The normalized spacial score (nSPS) is 13.9. The van der Waals surface area contributed by atoms with E-state index in [0.717, 1.165) is 5.56 Å². The molecular formula is C24H33NO8. The number of nitrogens with one attached hydrogen (secondary N) is 1. The number of carbonyl (C=O) groups excluding carboxylic acids is 2. The van der Waals surface area contributed by atoms with Gasteiger partial charge < -0.3 is 33.7 Å². The number of hydrogen-bond acceptors (Lipinski definition) is 9. The van der Waals surface area contributed by atoms with Gasteiger partial charge in [0.05, 0.1) is 44.7 Å². The van der Waals surface area contributed by atoms with Crippen LogP contribution in [0.1, 0.15) is 46.1 Å². The van der Waals surface area contributed by atoms with Gasteiger partial charge in [-0.05, 0) is 50.8 Å². The molecule has 0 unspecified atom stereocenters. The maximum absolute atomic E-state index is 12.3. The molecule has 0 atom stereocenters. The van der Waals surface area contributed by atoms with Crippen molar-refractivity contribution in [3.8, 4) is 11.5 Å². The highest BCUT2D eigenvalue weighted by Crippen LogP contribution is 2.36. The summed E-state index contributed by atoms with van der Waals surface area (Å²) >= 11 is 0. The first-order valence-corrected chi connectivity index (χ1v) is 10.9. The molecule has 2 rings (SSSR count). The summed E-state index contributed by atoms with van der Waals surface area (Å²) in [5.41, 5.74) is 2.08. The molecule has 33 heavy (non-hydrogen) atoms. The highest BCUT2D eigenvalue weighted by molar-refractivity contribution is 5.64. The topological polar surface area (TPSA) is 102 Å². The van der Waals surface area contributed by atoms with Crippen molar-refractivity contribution in [1.29, 1.82) is 0 Å². The fraction of sp³-hybridized carbons (Fsp3) is 0.500. The molecule has 0 fully saturated rings. The monoisotopic (exact) mass is 463 g/mol. The first-order valence-electron chi connectivity index (χ1n) is 10.9. The van der Waals surface area contributed by atoms with Crippen LogP contribution in [0.15, 0.2) is 41.1 Å². The Morgan fingerprint density at radius 2 is 1.36 bits per heavy atom. The minimum atomic E-state index is -0.822. The van der Waals surface area contributed by atoms with Crippen molar-refractivity contribution in [1.82, 2.24) is 5.32 Å². The number of carbonyl (C=O) groups is 2. The highest BCUT2D eigenvalue weighted by Gasteiger charge is 2.34. The number of dihydropyridines is 1. The molecule has 0 aliphatic carbocycles. The standard InChI is InChI=1S/C24H33NO8/c1-7-11-30-23(26)32-21-15(3)25-16(4)22(33-24(27)31-12-8-2)18(21)13-17-9-10-19(28-5)20(14-17)29-6/h9-10,14,18,25H,7-8,11-13H2,1-6H3. The van der Waals surface area contributed by atoms with Gasteiger partial charge in [-0.3, -0.25) is 0 Å². The van der Waals surface area contributed by atoms with Gasteiger partial charge in [-0.15, -0.1) is 0 Å². The second-order valence-corrected chi connectivity index (χ2v) is 7.45. The van der Waals surface area contributed by atoms with Gasteiger partial charge >= 0.3 is 12.3 Å². The number of ether oxygens (including phenoxy) is 6. The van der Waals surface area contributed by atoms with Crippen molar-refractivity contribution in [2.24, 2.45) is 5.92 Å². The minimum Gasteiger partial charge on any atom is -0.493 e. The van der Waals surface area contributed by atoms with E-state index in [9.17, 15) is 9.59 Å². The Hall–Kier alpha value is -3.36. The maximum Gasteiger partial charge on any atom is 0.513 e. The van der Waals surface area contributed by atoms with E-state index in [4.69, 9.17) is 28.4 Å². The van der Waals surface area contributed by atoms with E-state index >= 15 is 0 Å². The number of benzene rings is 1. The van der Waals surface area contributed by atoms with Crippen LogP contribution in [0.3, 0.4) is 0 Å². The summed E-state index contributed by atoms with van der Waals surface area (Å²) < 4.78 is 32.0. The predicted molar refractivity (Wildman–Crippen MR) is 121 cm³/mol. The lowest BCUT2D eigenvalue weighted by atomic mass is 9.91. The van der Waals surface area contributed by atoms with Crippen LogP contribution in [0.4, 0.5) is 9.59 Å². The van der Waals surface area contributed by atoms with E-state index < -0.39 is 18.2 Å². The van der Waals surface area contributed by atoms with E-state index in [1.54, 1.807) is 34.1 Å². The van der Waals surface area contributed by atoms with Crippen LogP contribution in [-0.2, 0) is 25.4 Å². The molecule has 0 saturated carbocycles. The van der Waals surface area contributed by atoms with Gasteiger partial charge in [-0.2, -0.15) is 0 Å². The first kappa shape index (κ1) is 25.9. The van der Waals surface area contributed by atoms with Crippen LogP contribution in [-0.4, -0.2) is 39.7 Å². The fourth-order valence-corrected chi connectivity index (χ4v) is 3.38. The Kier molecular flexibility index (Phi) is 9.90. The Bertz CT molecular complexity index is 862. The van der Waals surface area contributed by atoms with Crippen LogP contribution in [0, 0.1) is 5.92 Å². The number of allylic oxidation sites excluding steroid dienone is 2. The first-order chi connectivity index (χ1) is 15.8. The zero-order chi connectivity index (χ0) is 24.4. The quantitative estimate of drug-likeness (QED) is 0.477. The molecule has 0 bridgehead atoms. The summed E-state index contributed by atoms with van der Waals surface area (Å²) in [4.78, 5) is 24.5. The third-order valence-corrected chi connectivity index (χ3v) is 4.87. The minimum absolute atomic E-state index is 0.237. The predicted octanol–water partition coefficient (Wildman–Crippen LogP) is 5.06. The van der Waals surface area contributed by atoms with Crippen LogP contribution in [0.2, 0.25) is 0 Å². The smallest absolute Gasteiger partial charge is 0.493 e. The highest BCUT2D eigenvalue weighted by atomic mass is 16.7. The lowest BCUT2D eigenvalue weighted by molar-refractivity contribution is 0.0547. The molecule has 0 aromatic heterocycles. The van der Waals surface area contributed by atoms with Crippen molar-refractivity contribution < 1.29 is 38.0 Å². The molecule has 1 heterocycles. The SMILES string of the molecule is CCCOC(=O)OC1=C(C)NC(C)=C(OC(=O)OCCC)C1Cc1ccc(OC)c(OC)c1. The third kappa shape index (κ3) is 7.06. The number of methoxy groups -OCH3 is 2. The Balaban J connectivity index is 2.40. The van der Waals surface area contributed by atoms with Gasteiger partial charge in [0.2, 0.25) is 0 Å².